The summed E-state index contributed by atoms with van der Waals surface area (Å²) in [5.41, 5.74) is 0. The number of hydrogen-bond acceptors (Lipinski definition) is 1. The van der Waals surface area contributed by atoms with E-state index >= 15 is 0 Å². The second-order valence-electron chi connectivity index (χ2n) is 7.46. The molecule has 0 N–H and O–H groups in total. The summed E-state index contributed by atoms with van der Waals surface area (Å²) in [5, 5.41) is 0. The predicted molar refractivity (Wildman–Crippen MR) is 89.9 cm³/mol. The van der Waals surface area contributed by atoms with Gasteiger partial charge in [0.2, 0.25) is 0 Å². The number of hydrogen-bond donors (Lipinski definition) is 0. The third-order valence-corrected chi connectivity index (χ3v) is 9.62. The molecule has 0 bridgehead atoms. The average molecular weight is 295 g/mol. The lowest BCUT2D eigenvalue weighted by Crippen LogP contribution is -2.28. The normalized spacial score (nSPS) is 34.9. The Morgan fingerprint density at radius 2 is 1.60 bits per heavy atom. The molecule has 1 heterocycles. The van der Waals surface area contributed by atoms with Crippen LogP contribution in [0.25, 0.3) is 0 Å². The Bertz CT molecular complexity index is 263. The average Bonchev–Trinajstić information content (AvgIpc) is 2.49. The van der Waals surface area contributed by atoms with E-state index in [1.807, 2.05) is 0 Å². The first kappa shape index (κ1) is 16.3. The number of aldehydes is 1. The summed E-state index contributed by atoms with van der Waals surface area (Å²) >= 11 is 0. The van der Waals surface area contributed by atoms with Gasteiger partial charge in [-0.3, -0.25) is 0 Å². The molecule has 2 heteroatoms. The van der Waals surface area contributed by atoms with Gasteiger partial charge in [-0.1, -0.05) is 57.2 Å². The summed E-state index contributed by atoms with van der Waals surface area (Å²) in [4.78, 5) is 10.6. The lowest BCUT2D eigenvalue weighted by molar-refractivity contribution is -0.108. The van der Waals surface area contributed by atoms with Crippen molar-refractivity contribution in [3.8, 4) is 0 Å². The van der Waals surface area contributed by atoms with Gasteiger partial charge in [-0.25, -0.2) is 0 Å². The van der Waals surface area contributed by atoms with Gasteiger partial charge in [0.25, 0.3) is 0 Å². The lowest BCUT2D eigenvalue weighted by Gasteiger charge is -2.37. The molecule has 0 unspecified atom stereocenters. The van der Waals surface area contributed by atoms with Crippen LogP contribution in [0.3, 0.4) is 0 Å². The Hall–Kier alpha value is -0.113. The highest BCUT2D eigenvalue weighted by Crippen LogP contribution is 2.41. The van der Waals surface area contributed by atoms with Gasteiger partial charge >= 0.3 is 0 Å². The monoisotopic (exact) mass is 294 g/mol. The smallest absolute Gasteiger partial charge is 0.120 e. The van der Waals surface area contributed by atoms with Crippen LogP contribution >= 0.6 is 0 Å². The van der Waals surface area contributed by atoms with Gasteiger partial charge < -0.3 is 4.79 Å². The van der Waals surface area contributed by atoms with Crippen LogP contribution < -0.4 is 0 Å². The summed E-state index contributed by atoms with van der Waals surface area (Å²) in [7, 11) is -0.320. The van der Waals surface area contributed by atoms with E-state index in [0.717, 1.165) is 30.5 Å². The van der Waals surface area contributed by atoms with E-state index in [1.165, 1.54) is 44.9 Å². The summed E-state index contributed by atoms with van der Waals surface area (Å²) < 4.78 is 0. The molecule has 0 amide bonds. The second-order valence-corrected chi connectivity index (χ2v) is 10.9. The largest absolute Gasteiger partial charge is 0.303 e. The van der Waals surface area contributed by atoms with E-state index in [-0.39, 0.29) is 8.80 Å². The molecule has 1 saturated heterocycles. The van der Waals surface area contributed by atoms with Gasteiger partial charge in [-0.2, -0.15) is 0 Å². The van der Waals surface area contributed by atoms with Crippen molar-refractivity contribution in [3.63, 3.8) is 0 Å². The number of carbonyl (C=O) groups is 1. The second kappa shape index (κ2) is 9.02. The van der Waals surface area contributed by atoms with Gasteiger partial charge in [-0.15, -0.1) is 0 Å². The molecule has 1 aliphatic carbocycles. The van der Waals surface area contributed by atoms with Crippen LogP contribution in [0.15, 0.2) is 0 Å². The molecule has 2 fully saturated rings. The molecular weight excluding hydrogens is 260 g/mol. The summed E-state index contributed by atoms with van der Waals surface area (Å²) in [6.07, 6.45) is 15.0. The highest BCUT2D eigenvalue weighted by atomic mass is 28.3. The molecule has 0 spiro atoms. The zero-order chi connectivity index (χ0) is 14.2. The van der Waals surface area contributed by atoms with Crippen molar-refractivity contribution in [2.24, 2.45) is 17.8 Å². The molecule has 0 aromatic carbocycles. The zero-order valence-corrected chi connectivity index (χ0v) is 14.6. The highest BCUT2D eigenvalue weighted by molar-refractivity contribution is 6.58. The lowest BCUT2D eigenvalue weighted by atomic mass is 9.73. The molecule has 1 nitrogen and oxygen atoms in total. The van der Waals surface area contributed by atoms with E-state index in [9.17, 15) is 4.79 Å². The summed E-state index contributed by atoms with van der Waals surface area (Å²) in [6, 6.07) is 4.91. The molecule has 2 aliphatic rings. The molecule has 1 saturated carbocycles. The minimum atomic E-state index is -0.320. The van der Waals surface area contributed by atoms with Crippen molar-refractivity contribution in [1.29, 1.82) is 0 Å². The van der Waals surface area contributed by atoms with E-state index in [1.54, 1.807) is 31.0 Å². The molecule has 2 rings (SSSR count). The third kappa shape index (κ3) is 5.02. The van der Waals surface area contributed by atoms with Crippen molar-refractivity contribution < 1.29 is 4.79 Å². The fourth-order valence-corrected chi connectivity index (χ4v) is 8.19. The number of unbranched alkanes of at least 4 members (excludes halogenated alkanes) is 2. The van der Waals surface area contributed by atoms with Gasteiger partial charge in [0.05, 0.1) is 0 Å². The van der Waals surface area contributed by atoms with Crippen molar-refractivity contribution in [2.75, 3.05) is 0 Å². The Morgan fingerprint density at radius 3 is 2.20 bits per heavy atom. The third-order valence-electron chi connectivity index (χ3n) is 6.09. The van der Waals surface area contributed by atoms with Crippen molar-refractivity contribution >= 4 is 15.1 Å². The predicted octanol–water partition coefficient (Wildman–Crippen LogP) is 5.21. The topological polar surface area (TPSA) is 17.1 Å². The van der Waals surface area contributed by atoms with Crippen molar-refractivity contribution in [1.82, 2.24) is 0 Å². The van der Waals surface area contributed by atoms with Gasteiger partial charge in [0, 0.05) is 15.2 Å². The van der Waals surface area contributed by atoms with Crippen molar-refractivity contribution in [3.05, 3.63) is 0 Å². The van der Waals surface area contributed by atoms with E-state index in [0.29, 0.717) is 0 Å². The molecule has 116 valence electrons. The number of carbonyl (C=O) groups excluding carboxylic acids is 1. The van der Waals surface area contributed by atoms with Gasteiger partial charge in [-0.05, 0) is 43.4 Å². The van der Waals surface area contributed by atoms with Crippen molar-refractivity contribution in [2.45, 2.75) is 89.3 Å². The highest BCUT2D eigenvalue weighted by Gasteiger charge is 2.30. The Morgan fingerprint density at radius 1 is 0.950 bits per heavy atom. The molecule has 0 radical (unpaired) electrons. The SMILES string of the molecule is CCCCC[SiH]1CCC(C2CCC(CC=O)CC2)CC1. The first-order chi connectivity index (χ1) is 9.83. The molecule has 1 aliphatic heterocycles. The summed E-state index contributed by atoms with van der Waals surface area (Å²) in [6.45, 7) is 2.32. The van der Waals surface area contributed by atoms with Crippen LogP contribution in [0.5, 0.6) is 0 Å². The number of rotatable bonds is 7. The Balaban J connectivity index is 1.63. The van der Waals surface area contributed by atoms with Gasteiger partial charge in [0.1, 0.15) is 6.29 Å². The summed E-state index contributed by atoms with van der Waals surface area (Å²) in [5.74, 6) is 2.80. The fraction of sp³-hybridized carbons (Fsp3) is 0.944. The molecule has 0 atom stereocenters. The Kier molecular flexibility index (Phi) is 7.33. The molecule has 0 aromatic heterocycles. The van der Waals surface area contributed by atoms with Crippen LogP contribution in [-0.2, 0) is 4.79 Å². The first-order valence-electron chi connectivity index (χ1n) is 9.27. The minimum absolute atomic E-state index is 0.320. The van der Waals surface area contributed by atoms with Crippen LogP contribution in [0, 0.1) is 17.8 Å². The van der Waals surface area contributed by atoms with E-state index in [2.05, 4.69) is 6.92 Å². The van der Waals surface area contributed by atoms with Gasteiger partial charge in [0.15, 0.2) is 0 Å². The van der Waals surface area contributed by atoms with Crippen LogP contribution in [-0.4, -0.2) is 15.1 Å². The quantitative estimate of drug-likeness (QED) is 0.358. The molecule has 0 aromatic rings. The zero-order valence-electron chi connectivity index (χ0n) is 13.5. The fourth-order valence-electron chi connectivity index (χ4n) is 4.66. The molecular formula is C18H34OSi. The standard InChI is InChI=1S/C18H34OSi/c1-2-3-4-13-20-14-10-18(11-15-20)17-7-5-16(6-8-17)9-12-19/h12,16-18,20H,2-11,13-15H2,1H3. The van der Waals surface area contributed by atoms with E-state index < -0.39 is 0 Å². The maximum atomic E-state index is 10.6. The first-order valence-corrected chi connectivity index (χ1v) is 11.7. The molecule has 20 heavy (non-hydrogen) atoms. The van der Waals surface area contributed by atoms with Crippen LogP contribution in [0.1, 0.15) is 71.1 Å². The Labute approximate surface area is 127 Å². The minimum Gasteiger partial charge on any atom is -0.303 e. The van der Waals surface area contributed by atoms with E-state index in [4.69, 9.17) is 0 Å². The van der Waals surface area contributed by atoms with Crippen LogP contribution in [0.4, 0.5) is 0 Å². The maximum absolute atomic E-state index is 10.6. The van der Waals surface area contributed by atoms with Crippen LogP contribution in [0.2, 0.25) is 18.1 Å². The maximum Gasteiger partial charge on any atom is 0.120 e.